The van der Waals surface area contributed by atoms with Crippen LogP contribution in [0.15, 0.2) is 24.3 Å². The van der Waals surface area contributed by atoms with Gasteiger partial charge in [-0.05, 0) is 57.3 Å². The Bertz CT molecular complexity index is 414. The third-order valence-corrected chi connectivity index (χ3v) is 4.78. The fourth-order valence-corrected chi connectivity index (χ4v) is 3.29. The van der Waals surface area contributed by atoms with E-state index in [9.17, 15) is 0 Å². The molecule has 0 aliphatic carbocycles. The van der Waals surface area contributed by atoms with Gasteiger partial charge in [0.2, 0.25) is 0 Å². The van der Waals surface area contributed by atoms with Crippen LogP contribution in [0.5, 0.6) is 0 Å². The van der Waals surface area contributed by atoms with Crippen molar-refractivity contribution < 1.29 is 0 Å². The molecule has 20 heavy (non-hydrogen) atoms. The van der Waals surface area contributed by atoms with E-state index >= 15 is 0 Å². The van der Waals surface area contributed by atoms with Crippen LogP contribution >= 0.6 is 0 Å². The van der Waals surface area contributed by atoms with Gasteiger partial charge in [0, 0.05) is 12.6 Å². The van der Waals surface area contributed by atoms with Crippen molar-refractivity contribution in [2.45, 2.75) is 39.7 Å². The summed E-state index contributed by atoms with van der Waals surface area (Å²) in [5.41, 5.74) is 2.77. The van der Waals surface area contributed by atoms with Crippen LogP contribution < -0.4 is 5.32 Å². The molecular formula is C18H30N2. The minimum atomic E-state index is 0.480. The standard InChI is InChI=1S/C18H30N2/c1-14(2)17-8-10-20(13-17)11-9-18(19-4)16-7-5-6-15(3)12-16/h5-7,12,14,17-19H,8-11,13H2,1-4H3. The molecule has 2 atom stereocenters. The van der Waals surface area contributed by atoms with Crippen molar-refractivity contribution in [3.63, 3.8) is 0 Å². The summed E-state index contributed by atoms with van der Waals surface area (Å²) in [7, 11) is 2.08. The Morgan fingerprint density at radius 3 is 2.75 bits per heavy atom. The number of aryl methyl sites for hydroxylation is 1. The Morgan fingerprint density at radius 1 is 1.35 bits per heavy atom. The highest BCUT2D eigenvalue weighted by Gasteiger charge is 2.25. The first-order chi connectivity index (χ1) is 9.60. The van der Waals surface area contributed by atoms with Crippen LogP contribution in [0.25, 0.3) is 0 Å². The van der Waals surface area contributed by atoms with E-state index in [1.54, 1.807) is 0 Å². The molecule has 1 fully saturated rings. The highest BCUT2D eigenvalue weighted by molar-refractivity contribution is 5.25. The summed E-state index contributed by atoms with van der Waals surface area (Å²) in [5.74, 6) is 1.74. The van der Waals surface area contributed by atoms with Gasteiger partial charge in [-0.1, -0.05) is 43.7 Å². The highest BCUT2D eigenvalue weighted by Crippen LogP contribution is 2.25. The molecule has 1 saturated heterocycles. The number of nitrogens with zero attached hydrogens (tertiary/aromatic N) is 1. The SMILES string of the molecule is CNC(CCN1CCC(C(C)C)C1)c1cccc(C)c1. The summed E-state index contributed by atoms with van der Waals surface area (Å²) in [6.07, 6.45) is 2.58. The first kappa shape index (κ1) is 15.5. The van der Waals surface area contributed by atoms with E-state index in [0.717, 1.165) is 11.8 Å². The zero-order valence-corrected chi connectivity index (χ0v) is 13.5. The zero-order chi connectivity index (χ0) is 14.5. The second-order valence-corrected chi connectivity index (χ2v) is 6.64. The van der Waals surface area contributed by atoms with Crippen molar-refractivity contribution in [2.24, 2.45) is 11.8 Å². The smallest absolute Gasteiger partial charge is 0.0329 e. The summed E-state index contributed by atoms with van der Waals surface area (Å²) >= 11 is 0. The second-order valence-electron chi connectivity index (χ2n) is 6.64. The van der Waals surface area contributed by atoms with Crippen LogP contribution in [-0.4, -0.2) is 31.6 Å². The van der Waals surface area contributed by atoms with Crippen molar-refractivity contribution >= 4 is 0 Å². The van der Waals surface area contributed by atoms with E-state index in [1.807, 2.05) is 0 Å². The van der Waals surface area contributed by atoms with Gasteiger partial charge in [0.15, 0.2) is 0 Å². The quantitative estimate of drug-likeness (QED) is 0.852. The van der Waals surface area contributed by atoms with Crippen molar-refractivity contribution in [2.75, 3.05) is 26.7 Å². The number of likely N-dealkylation sites (tertiary alicyclic amines) is 1. The predicted molar refractivity (Wildman–Crippen MR) is 87.0 cm³/mol. The van der Waals surface area contributed by atoms with Gasteiger partial charge in [-0.3, -0.25) is 0 Å². The van der Waals surface area contributed by atoms with Crippen LogP contribution in [0.4, 0.5) is 0 Å². The number of hydrogen-bond donors (Lipinski definition) is 1. The van der Waals surface area contributed by atoms with Crippen molar-refractivity contribution in [1.82, 2.24) is 10.2 Å². The lowest BCUT2D eigenvalue weighted by Gasteiger charge is -2.22. The van der Waals surface area contributed by atoms with Gasteiger partial charge in [0.25, 0.3) is 0 Å². The molecule has 0 spiro atoms. The molecule has 2 unspecified atom stereocenters. The average molecular weight is 274 g/mol. The molecule has 1 aliphatic rings. The molecule has 1 heterocycles. The third kappa shape index (κ3) is 4.07. The highest BCUT2D eigenvalue weighted by atomic mass is 15.1. The summed E-state index contributed by atoms with van der Waals surface area (Å²) < 4.78 is 0. The van der Waals surface area contributed by atoms with Crippen LogP contribution in [-0.2, 0) is 0 Å². The molecule has 1 N–H and O–H groups in total. The monoisotopic (exact) mass is 274 g/mol. The average Bonchev–Trinajstić information content (AvgIpc) is 2.88. The first-order valence-electron chi connectivity index (χ1n) is 8.06. The van der Waals surface area contributed by atoms with E-state index in [0.29, 0.717) is 6.04 Å². The maximum atomic E-state index is 3.48. The first-order valence-corrected chi connectivity index (χ1v) is 8.06. The van der Waals surface area contributed by atoms with Gasteiger partial charge in [0.1, 0.15) is 0 Å². The Balaban J connectivity index is 1.86. The molecule has 2 heteroatoms. The van der Waals surface area contributed by atoms with E-state index < -0.39 is 0 Å². The molecule has 0 bridgehead atoms. The van der Waals surface area contributed by atoms with Crippen LogP contribution in [0, 0.1) is 18.8 Å². The van der Waals surface area contributed by atoms with Gasteiger partial charge in [-0.2, -0.15) is 0 Å². The van der Waals surface area contributed by atoms with Gasteiger partial charge < -0.3 is 10.2 Å². The van der Waals surface area contributed by atoms with Crippen LogP contribution in [0.1, 0.15) is 43.9 Å². The maximum absolute atomic E-state index is 3.48. The fraction of sp³-hybridized carbons (Fsp3) is 0.667. The Labute approximate surface area is 124 Å². The van der Waals surface area contributed by atoms with E-state index in [2.05, 4.69) is 62.3 Å². The number of rotatable bonds is 6. The van der Waals surface area contributed by atoms with Crippen LogP contribution in [0.3, 0.4) is 0 Å². The Kier molecular flexibility index (Phi) is 5.62. The van der Waals surface area contributed by atoms with E-state index in [-0.39, 0.29) is 0 Å². The summed E-state index contributed by atoms with van der Waals surface area (Å²) in [6.45, 7) is 10.7. The van der Waals surface area contributed by atoms with Gasteiger partial charge in [-0.25, -0.2) is 0 Å². The summed E-state index contributed by atoms with van der Waals surface area (Å²) in [5, 5.41) is 3.48. The van der Waals surface area contributed by atoms with Gasteiger partial charge in [0.05, 0.1) is 0 Å². The lowest BCUT2D eigenvalue weighted by Crippen LogP contribution is -2.27. The normalized spacial score (nSPS) is 21.6. The molecule has 112 valence electrons. The van der Waals surface area contributed by atoms with Crippen molar-refractivity contribution in [1.29, 1.82) is 0 Å². The molecule has 0 aromatic heterocycles. The zero-order valence-electron chi connectivity index (χ0n) is 13.5. The lowest BCUT2D eigenvalue weighted by atomic mass is 9.95. The molecule has 0 amide bonds. The number of hydrogen-bond acceptors (Lipinski definition) is 2. The predicted octanol–water partition coefficient (Wildman–Crippen LogP) is 3.62. The third-order valence-electron chi connectivity index (χ3n) is 4.78. The second kappa shape index (κ2) is 7.24. The summed E-state index contributed by atoms with van der Waals surface area (Å²) in [4.78, 5) is 2.64. The topological polar surface area (TPSA) is 15.3 Å². The fourth-order valence-electron chi connectivity index (χ4n) is 3.29. The number of benzene rings is 1. The van der Waals surface area contributed by atoms with E-state index in [1.165, 1.54) is 43.6 Å². The van der Waals surface area contributed by atoms with Crippen LogP contribution in [0.2, 0.25) is 0 Å². The molecular weight excluding hydrogens is 244 g/mol. The Hall–Kier alpha value is -0.860. The molecule has 0 saturated carbocycles. The Morgan fingerprint density at radius 2 is 2.15 bits per heavy atom. The maximum Gasteiger partial charge on any atom is 0.0329 e. The molecule has 1 aromatic carbocycles. The minimum absolute atomic E-state index is 0.480. The number of nitrogens with one attached hydrogen (secondary N) is 1. The molecule has 2 nitrogen and oxygen atoms in total. The van der Waals surface area contributed by atoms with Gasteiger partial charge in [-0.15, -0.1) is 0 Å². The molecule has 2 rings (SSSR count). The largest absolute Gasteiger partial charge is 0.313 e. The van der Waals surface area contributed by atoms with Crippen molar-refractivity contribution in [3.8, 4) is 0 Å². The van der Waals surface area contributed by atoms with E-state index in [4.69, 9.17) is 0 Å². The summed E-state index contributed by atoms with van der Waals surface area (Å²) in [6, 6.07) is 9.37. The molecule has 1 aromatic rings. The van der Waals surface area contributed by atoms with Crippen molar-refractivity contribution in [3.05, 3.63) is 35.4 Å². The molecule has 0 radical (unpaired) electrons. The molecule has 1 aliphatic heterocycles. The lowest BCUT2D eigenvalue weighted by molar-refractivity contribution is 0.287. The van der Waals surface area contributed by atoms with Gasteiger partial charge >= 0.3 is 0 Å². The minimum Gasteiger partial charge on any atom is -0.313 e.